The van der Waals surface area contributed by atoms with Crippen LogP contribution in [0.5, 0.6) is 0 Å². The molecule has 0 amide bonds. The number of hydrogen-bond donors (Lipinski definition) is 0. The maximum absolute atomic E-state index is 2.25. The third kappa shape index (κ3) is 87.1. The second-order valence-corrected chi connectivity index (χ2v) is 7.35. The van der Waals surface area contributed by atoms with Gasteiger partial charge in [0, 0.05) is 10.2 Å². The Kier molecular flexibility index (Phi) is 9.42. The Hall–Kier alpha value is 0.217. The second kappa shape index (κ2) is 7.33. The van der Waals surface area contributed by atoms with Crippen molar-refractivity contribution in [3.63, 3.8) is 0 Å². The van der Waals surface area contributed by atoms with Gasteiger partial charge in [-0.25, -0.2) is 0 Å². The predicted octanol–water partition coefficient (Wildman–Crippen LogP) is 2.77. The zero-order valence-electron chi connectivity index (χ0n) is 8.62. The Balaban J connectivity index is 0. The molecule has 0 saturated carbocycles. The van der Waals surface area contributed by atoms with Crippen LogP contribution in [0.25, 0.3) is 0 Å². The Morgan fingerprint density at radius 1 is 1.00 bits per heavy atom. The van der Waals surface area contributed by atoms with E-state index in [2.05, 4.69) is 34.6 Å². The van der Waals surface area contributed by atoms with Gasteiger partial charge in [0.05, 0.1) is 0 Å². The molecule has 10 heavy (non-hydrogen) atoms. The van der Waals surface area contributed by atoms with Gasteiger partial charge in [0.25, 0.3) is 0 Å². The largest absolute Gasteiger partial charge is 0.0654 e. The van der Waals surface area contributed by atoms with Gasteiger partial charge in [0.2, 0.25) is 0 Å². The molecule has 64 valence electrons. The first kappa shape index (κ1) is 12.9. The molecule has 0 bridgehead atoms. The van der Waals surface area contributed by atoms with Crippen LogP contribution >= 0.6 is 0 Å². The van der Waals surface area contributed by atoms with Crippen molar-refractivity contribution >= 4 is 10.2 Å². The van der Waals surface area contributed by atoms with Gasteiger partial charge in [-0.3, -0.25) is 0 Å². The Morgan fingerprint density at radius 2 is 1.20 bits per heavy atom. The first-order chi connectivity index (χ1) is 4.41. The van der Waals surface area contributed by atoms with E-state index in [-0.39, 0.29) is 0 Å². The SMILES string of the molecule is CC(C)(C)[SiH3].CCCCC. The number of unbranched alkanes of at least 4 members (excludes halogenated alkanes) is 2. The summed E-state index contributed by atoms with van der Waals surface area (Å²) in [4.78, 5) is 0. The second-order valence-electron chi connectivity index (χ2n) is 4.35. The zero-order valence-corrected chi connectivity index (χ0v) is 10.6. The molecule has 0 atom stereocenters. The summed E-state index contributed by atoms with van der Waals surface area (Å²) in [5.41, 5.74) is 0. The fourth-order valence-electron chi connectivity index (χ4n) is 0.354. The number of hydrogen-bond acceptors (Lipinski definition) is 0. The molecule has 0 N–H and O–H groups in total. The molecule has 0 fully saturated rings. The lowest BCUT2D eigenvalue weighted by molar-refractivity contribution is 0.767. The van der Waals surface area contributed by atoms with E-state index in [4.69, 9.17) is 0 Å². The van der Waals surface area contributed by atoms with E-state index in [0.717, 1.165) is 0 Å². The fourth-order valence-corrected chi connectivity index (χ4v) is 0.354. The van der Waals surface area contributed by atoms with Crippen LogP contribution in [0.15, 0.2) is 0 Å². The van der Waals surface area contributed by atoms with Crippen molar-refractivity contribution in [3.05, 3.63) is 0 Å². The fraction of sp³-hybridized carbons (Fsp3) is 1.00. The van der Waals surface area contributed by atoms with E-state index in [9.17, 15) is 0 Å². The molecule has 0 aromatic heterocycles. The molecule has 0 nitrogen and oxygen atoms in total. The van der Waals surface area contributed by atoms with E-state index in [0.29, 0.717) is 5.04 Å². The van der Waals surface area contributed by atoms with Crippen LogP contribution < -0.4 is 0 Å². The van der Waals surface area contributed by atoms with E-state index in [1.165, 1.54) is 29.5 Å². The summed E-state index contributed by atoms with van der Waals surface area (Å²) in [7, 11) is 1.31. The minimum Gasteiger partial charge on any atom is -0.0654 e. The quantitative estimate of drug-likeness (QED) is 0.545. The molecule has 0 rings (SSSR count). The summed E-state index contributed by atoms with van der Waals surface area (Å²) in [6, 6.07) is 0. The Labute approximate surface area is 69.8 Å². The maximum Gasteiger partial charge on any atom is 0.00959 e. The average Bonchev–Trinajstić information content (AvgIpc) is 1.63. The molecular weight excluding hydrogens is 136 g/mol. The first-order valence-corrected chi connectivity index (χ1v) is 5.41. The van der Waals surface area contributed by atoms with Crippen molar-refractivity contribution in [2.75, 3.05) is 0 Å². The van der Waals surface area contributed by atoms with Gasteiger partial charge >= 0.3 is 0 Å². The normalized spacial score (nSPS) is 10.5. The van der Waals surface area contributed by atoms with Crippen molar-refractivity contribution in [2.45, 2.75) is 58.9 Å². The monoisotopic (exact) mass is 160 g/mol. The zero-order chi connectivity index (χ0) is 8.62. The first-order valence-electron chi connectivity index (χ1n) is 4.41. The van der Waals surface area contributed by atoms with Crippen LogP contribution in [-0.4, -0.2) is 10.2 Å². The molecule has 0 aromatic carbocycles. The summed E-state index contributed by atoms with van der Waals surface area (Å²) in [5.74, 6) is 0. The average molecular weight is 160 g/mol. The van der Waals surface area contributed by atoms with Crippen LogP contribution in [0.1, 0.15) is 53.9 Å². The molecule has 0 aromatic rings. The molecule has 0 spiro atoms. The lowest BCUT2D eigenvalue weighted by Gasteiger charge is -2.05. The molecule has 0 aliphatic rings. The third-order valence-corrected chi connectivity index (χ3v) is 0.707. The van der Waals surface area contributed by atoms with Gasteiger partial charge in [-0.1, -0.05) is 58.9 Å². The highest BCUT2D eigenvalue weighted by atomic mass is 28.1. The smallest absolute Gasteiger partial charge is 0.00959 e. The lowest BCUT2D eigenvalue weighted by Crippen LogP contribution is -1.90. The summed E-state index contributed by atoms with van der Waals surface area (Å²) in [6.45, 7) is 11.2. The predicted molar refractivity (Wildman–Crippen MR) is 54.9 cm³/mol. The molecule has 0 unspecified atom stereocenters. The maximum atomic E-state index is 2.25. The standard InChI is InChI=1S/C5H12.C4H12Si/c1-3-5-4-2;1-4(2,3)5/h3-5H2,1-2H3;1-3,5H3. The highest BCUT2D eigenvalue weighted by molar-refractivity contribution is 6.14. The van der Waals surface area contributed by atoms with Gasteiger partial charge in [0.15, 0.2) is 0 Å². The Bertz CT molecular complexity index is 44.2. The van der Waals surface area contributed by atoms with E-state index in [1.54, 1.807) is 0 Å². The molecule has 1 heteroatoms. The van der Waals surface area contributed by atoms with Crippen molar-refractivity contribution in [1.29, 1.82) is 0 Å². The van der Waals surface area contributed by atoms with Crippen molar-refractivity contribution in [1.82, 2.24) is 0 Å². The van der Waals surface area contributed by atoms with Crippen LogP contribution in [0.4, 0.5) is 0 Å². The van der Waals surface area contributed by atoms with Crippen LogP contribution in [-0.2, 0) is 0 Å². The lowest BCUT2D eigenvalue weighted by atomic mass is 10.3. The van der Waals surface area contributed by atoms with Gasteiger partial charge in [-0.2, -0.15) is 0 Å². The number of rotatable bonds is 2. The molecule has 0 saturated heterocycles. The molecular formula is C9H24Si. The van der Waals surface area contributed by atoms with Crippen LogP contribution in [0, 0.1) is 0 Å². The van der Waals surface area contributed by atoms with Crippen LogP contribution in [0.3, 0.4) is 0 Å². The van der Waals surface area contributed by atoms with E-state index < -0.39 is 0 Å². The molecule has 0 radical (unpaired) electrons. The van der Waals surface area contributed by atoms with Gasteiger partial charge < -0.3 is 0 Å². The summed E-state index contributed by atoms with van der Waals surface area (Å²) in [6.07, 6.45) is 4.08. The molecule has 0 aliphatic carbocycles. The van der Waals surface area contributed by atoms with Crippen LogP contribution in [0.2, 0.25) is 5.04 Å². The minimum absolute atomic E-state index is 0.639. The summed E-state index contributed by atoms with van der Waals surface area (Å²) < 4.78 is 0. The third-order valence-electron chi connectivity index (χ3n) is 0.707. The van der Waals surface area contributed by atoms with Gasteiger partial charge in [0.1, 0.15) is 0 Å². The Morgan fingerprint density at radius 3 is 1.20 bits per heavy atom. The van der Waals surface area contributed by atoms with Gasteiger partial charge in [-0.15, -0.1) is 0 Å². The highest BCUT2D eigenvalue weighted by Crippen LogP contribution is 2.13. The minimum atomic E-state index is 0.639. The molecule has 0 heterocycles. The van der Waals surface area contributed by atoms with E-state index in [1.807, 2.05) is 0 Å². The summed E-state index contributed by atoms with van der Waals surface area (Å²) in [5, 5.41) is 0.639. The van der Waals surface area contributed by atoms with Crippen molar-refractivity contribution < 1.29 is 0 Å². The van der Waals surface area contributed by atoms with Crippen molar-refractivity contribution in [3.8, 4) is 0 Å². The summed E-state index contributed by atoms with van der Waals surface area (Å²) >= 11 is 0. The van der Waals surface area contributed by atoms with Crippen molar-refractivity contribution in [2.24, 2.45) is 0 Å². The van der Waals surface area contributed by atoms with E-state index >= 15 is 0 Å². The molecule has 0 aliphatic heterocycles. The highest BCUT2D eigenvalue weighted by Gasteiger charge is 1.95. The topological polar surface area (TPSA) is 0 Å². The van der Waals surface area contributed by atoms with Gasteiger partial charge in [-0.05, 0) is 0 Å².